The number of hydrogen-bond acceptors (Lipinski definition) is 2. The fourth-order valence-corrected chi connectivity index (χ4v) is 2.19. The summed E-state index contributed by atoms with van der Waals surface area (Å²) in [5, 5.41) is 2.83. The number of carbonyl (C=O) groups excluding carboxylic acids is 1. The lowest BCUT2D eigenvalue weighted by Crippen LogP contribution is -2.53. The van der Waals surface area contributed by atoms with Crippen LogP contribution in [0.1, 0.15) is 11.6 Å². The molecule has 2 aromatic rings. The van der Waals surface area contributed by atoms with Gasteiger partial charge in [-0.15, -0.1) is 0 Å². The Labute approximate surface area is 116 Å². The van der Waals surface area contributed by atoms with Crippen LogP contribution in [0.4, 0.5) is 9.18 Å². The summed E-state index contributed by atoms with van der Waals surface area (Å²) in [5.74, 6) is -0.272. The normalized spacial score (nSPS) is 14.9. The summed E-state index contributed by atoms with van der Waals surface area (Å²) >= 11 is 0. The molecule has 0 aliphatic carbocycles. The highest BCUT2D eigenvalue weighted by Crippen LogP contribution is 2.20. The Balaban J connectivity index is 1.46. The zero-order valence-electron chi connectivity index (χ0n) is 10.9. The van der Waals surface area contributed by atoms with Gasteiger partial charge in [-0.1, -0.05) is 12.1 Å². The molecule has 2 amide bonds. The van der Waals surface area contributed by atoms with Crippen molar-refractivity contribution < 1.29 is 9.18 Å². The Hall–Kier alpha value is -2.37. The predicted octanol–water partition coefficient (Wildman–Crippen LogP) is 1.79. The van der Waals surface area contributed by atoms with E-state index in [1.165, 1.54) is 12.1 Å². The standard InChI is InChI=1S/C14H15FN4O/c15-12-3-1-11(2-4-12)7-17-14(20)19-8-13(9-19)18-6-5-16-10-18/h1-6,10,13H,7-9H2,(H,17,20). The van der Waals surface area contributed by atoms with Crippen molar-refractivity contribution in [2.24, 2.45) is 0 Å². The summed E-state index contributed by atoms with van der Waals surface area (Å²) in [6, 6.07) is 6.33. The number of amides is 2. The number of urea groups is 1. The fourth-order valence-electron chi connectivity index (χ4n) is 2.19. The summed E-state index contributed by atoms with van der Waals surface area (Å²) in [6.45, 7) is 1.78. The van der Waals surface area contributed by atoms with E-state index in [4.69, 9.17) is 0 Å². The molecule has 1 aliphatic heterocycles. The summed E-state index contributed by atoms with van der Waals surface area (Å²) in [6.07, 6.45) is 5.40. The van der Waals surface area contributed by atoms with Gasteiger partial charge in [-0.25, -0.2) is 14.2 Å². The molecule has 1 N–H and O–H groups in total. The zero-order valence-corrected chi connectivity index (χ0v) is 10.9. The van der Waals surface area contributed by atoms with Gasteiger partial charge in [0, 0.05) is 32.0 Å². The van der Waals surface area contributed by atoms with E-state index >= 15 is 0 Å². The summed E-state index contributed by atoms with van der Waals surface area (Å²) < 4.78 is 14.8. The number of halogens is 1. The van der Waals surface area contributed by atoms with Crippen LogP contribution in [0.25, 0.3) is 0 Å². The van der Waals surface area contributed by atoms with Crippen LogP contribution in [0.2, 0.25) is 0 Å². The maximum Gasteiger partial charge on any atom is 0.317 e. The minimum absolute atomic E-state index is 0.0920. The monoisotopic (exact) mass is 274 g/mol. The molecule has 0 unspecified atom stereocenters. The van der Waals surface area contributed by atoms with Gasteiger partial charge in [-0.05, 0) is 17.7 Å². The highest BCUT2D eigenvalue weighted by molar-refractivity contribution is 5.75. The summed E-state index contributed by atoms with van der Waals surface area (Å²) in [4.78, 5) is 17.6. The molecule has 5 nitrogen and oxygen atoms in total. The molecule has 3 rings (SSSR count). The first-order chi connectivity index (χ1) is 9.72. The number of nitrogens with zero attached hydrogens (tertiary/aromatic N) is 3. The van der Waals surface area contributed by atoms with Crippen LogP contribution in [0.5, 0.6) is 0 Å². The van der Waals surface area contributed by atoms with Gasteiger partial charge < -0.3 is 14.8 Å². The molecule has 1 aliphatic rings. The average Bonchev–Trinajstić information content (AvgIpc) is 2.90. The van der Waals surface area contributed by atoms with Gasteiger partial charge in [0.1, 0.15) is 5.82 Å². The largest absolute Gasteiger partial charge is 0.334 e. The van der Waals surface area contributed by atoms with Crippen LogP contribution in [0.15, 0.2) is 43.0 Å². The van der Waals surface area contributed by atoms with Gasteiger partial charge in [0.15, 0.2) is 0 Å². The Morgan fingerprint density at radius 2 is 2.10 bits per heavy atom. The van der Waals surface area contributed by atoms with Crippen LogP contribution in [0, 0.1) is 5.82 Å². The predicted molar refractivity (Wildman–Crippen MR) is 71.5 cm³/mol. The molecular weight excluding hydrogens is 259 g/mol. The zero-order chi connectivity index (χ0) is 13.9. The van der Waals surface area contributed by atoms with E-state index in [0.717, 1.165) is 5.56 Å². The molecule has 0 radical (unpaired) electrons. The van der Waals surface area contributed by atoms with Crippen molar-refractivity contribution in [3.8, 4) is 0 Å². The number of aromatic nitrogens is 2. The van der Waals surface area contributed by atoms with Crippen molar-refractivity contribution >= 4 is 6.03 Å². The lowest BCUT2D eigenvalue weighted by Gasteiger charge is -2.39. The third kappa shape index (κ3) is 2.64. The molecule has 1 fully saturated rings. The number of likely N-dealkylation sites (tertiary alicyclic amines) is 1. The molecule has 1 aromatic heterocycles. The Morgan fingerprint density at radius 3 is 2.75 bits per heavy atom. The van der Waals surface area contributed by atoms with Gasteiger partial charge in [-0.2, -0.15) is 0 Å². The molecule has 0 saturated carbocycles. The van der Waals surface area contributed by atoms with Crippen molar-refractivity contribution in [3.63, 3.8) is 0 Å². The lowest BCUT2D eigenvalue weighted by atomic mass is 10.1. The van der Waals surface area contributed by atoms with E-state index in [0.29, 0.717) is 25.7 Å². The van der Waals surface area contributed by atoms with Crippen LogP contribution in [-0.4, -0.2) is 33.6 Å². The highest BCUT2D eigenvalue weighted by atomic mass is 19.1. The van der Waals surface area contributed by atoms with E-state index in [9.17, 15) is 9.18 Å². The molecule has 2 heterocycles. The molecular formula is C14H15FN4O. The van der Waals surface area contributed by atoms with Gasteiger partial charge >= 0.3 is 6.03 Å². The number of imidazole rings is 1. The Kier molecular flexibility index (Phi) is 3.37. The van der Waals surface area contributed by atoms with Crippen molar-refractivity contribution in [1.29, 1.82) is 0 Å². The van der Waals surface area contributed by atoms with E-state index in [2.05, 4.69) is 10.3 Å². The SMILES string of the molecule is O=C(NCc1ccc(F)cc1)N1CC(n2ccnc2)C1. The number of rotatable bonds is 3. The number of hydrogen-bond donors (Lipinski definition) is 1. The minimum atomic E-state index is -0.272. The first-order valence-corrected chi connectivity index (χ1v) is 6.47. The van der Waals surface area contributed by atoms with Crippen LogP contribution >= 0.6 is 0 Å². The maximum absolute atomic E-state index is 12.8. The smallest absolute Gasteiger partial charge is 0.317 e. The quantitative estimate of drug-likeness (QED) is 0.927. The van der Waals surface area contributed by atoms with E-state index in [1.807, 2.05) is 10.8 Å². The number of carbonyl (C=O) groups is 1. The number of nitrogens with one attached hydrogen (secondary N) is 1. The van der Waals surface area contributed by atoms with Crippen molar-refractivity contribution in [1.82, 2.24) is 19.8 Å². The Bertz CT molecular complexity index is 576. The average molecular weight is 274 g/mol. The highest BCUT2D eigenvalue weighted by Gasteiger charge is 2.31. The van der Waals surface area contributed by atoms with E-state index in [1.54, 1.807) is 29.6 Å². The van der Waals surface area contributed by atoms with Crippen LogP contribution in [-0.2, 0) is 6.54 Å². The second-order valence-corrected chi connectivity index (χ2v) is 4.85. The second kappa shape index (κ2) is 5.32. The molecule has 1 aromatic carbocycles. The molecule has 6 heteroatoms. The van der Waals surface area contributed by atoms with Gasteiger partial charge in [0.05, 0.1) is 12.4 Å². The van der Waals surface area contributed by atoms with Gasteiger partial charge in [0.2, 0.25) is 0 Å². The summed E-state index contributed by atoms with van der Waals surface area (Å²) in [5.41, 5.74) is 0.881. The first-order valence-electron chi connectivity index (χ1n) is 6.47. The van der Waals surface area contributed by atoms with Gasteiger partial charge in [-0.3, -0.25) is 0 Å². The molecule has 0 bridgehead atoms. The number of benzene rings is 1. The second-order valence-electron chi connectivity index (χ2n) is 4.85. The topological polar surface area (TPSA) is 50.2 Å². The van der Waals surface area contributed by atoms with Gasteiger partial charge in [0.25, 0.3) is 0 Å². The molecule has 0 atom stereocenters. The molecule has 1 saturated heterocycles. The third-order valence-corrected chi connectivity index (χ3v) is 3.45. The van der Waals surface area contributed by atoms with Crippen LogP contribution in [0.3, 0.4) is 0 Å². The minimum Gasteiger partial charge on any atom is -0.334 e. The van der Waals surface area contributed by atoms with Crippen molar-refractivity contribution in [2.45, 2.75) is 12.6 Å². The Morgan fingerprint density at radius 1 is 1.35 bits per heavy atom. The molecule has 104 valence electrons. The molecule has 20 heavy (non-hydrogen) atoms. The van der Waals surface area contributed by atoms with E-state index in [-0.39, 0.29) is 11.8 Å². The maximum atomic E-state index is 12.8. The first kappa shape index (κ1) is 12.7. The van der Waals surface area contributed by atoms with E-state index < -0.39 is 0 Å². The lowest BCUT2D eigenvalue weighted by molar-refractivity contribution is 0.124. The van der Waals surface area contributed by atoms with Crippen LogP contribution < -0.4 is 5.32 Å². The summed E-state index contributed by atoms with van der Waals surface area (Å²) in [7, 11) is 0. The fraction of sp³-hybridized carbons (Fsp3) is 0.286. The van der Waals surface area contributed by atoms with Crippen molar-refractivity contribution in [2.75, 3.05) is 13.1 Å². The molecule has 0 spiro atoms. The third-order valence-electron chi connectivity index (χ3n) is 3.45. The van der Waals surface area contributed by atoms with Crippen molar-refractivity contribution in [3.05, 3.63) is 54.4 Å².